The minimum Gasteiger partial charge on any atom is -0.342 e. The maximum absolute atomic E-state index is 12.6. The highest BCUT2D eigenvalue weighted by Gasteiger charge is 2.23. The van der Waals surface area contributed by atoms with Crippen molar-refractivity contribution < 1.29 is 9.59 Å². The summed E-state index contributed by atoms with van der Waals surface area (Å²) >= 11 is 0. The average Bonchev–Trinajstić information content (AvgIpc) is 2.54. The van der Waals surface area contributed by atoms with E-state index in [-0.39, 0.29) is 5.91 Å². The van der Waals surface area contributed by atoms with E-state index in [0.29, 0.717) is 42.8 Å². The number of rotatable bonds is 2. The number of piperazine rings is 1. The maximum atomic E-state index is 12.6. The summed E-state index contributed by atoms with van der Waals surface area (Å²) < 4.78 is 0. The second kappa shape index (κ2) is 5.24. The topological polar surface area (TPSA) is 66.4 Å². The first kappa shape index (κ1) is 12.5. The summed E-state index contributed by atoms with van der Waals surface area (Å²) in [5.41, 5.74) is 1.90. The quantitative estimate of drug-likeness (QED) is 0.747. The molecular formula is C14H14N4O2. The van der Waals surface area contributed by atoms with Crippen LogP contribution in [0.4, 0.5) is 0 Å². The summed E-state index contributed by atoms with van der Waals surface area (Å²) in [6.45, 7) is 2.25. The van der Waals surface area contributed by atoms with Crippen LogP contribution in [0.25, 0.3) is 11.0 Å². The van der Waals surface area contributed by atoms with Gasteiger partial charge in [-0.2, -0.15) is 0 Å². The number of para-hydroxylation sites is 1. The van der Waals surface area contributed by atoms with Crippen molar-refractivity contribution in [3.63, 3.8) is 0 Å². The summed E-state index contributed by atoms with van der Waals surface area (Å²) in [7, 11) is 0. The van der Waals surface area contributed by atoms with Gasteiger partial charge in [-0.3, -0.25) is 19.6 Å². The second-order valence-electron chi connectivity index (χ2n) is 4.66. The Morgan fingerprint density at radius 3 is 2.60 bits per heavy atom. The van der Waals surface area contributed by atoms with Gasteiger partial charge in [0.15, 0.2) is 0 Å². The lowest BCUT2D eigenvalue weighted by molar-refractivity contribution is -0.119. The predicted molar refractivity (Wildman–Crippen MR) is 73.1 cm³/mol. The molecule has 6 nitrogen and oxygen atoms in total. The number of hydrogen-bond acceptors (Lipinski definition) is 4. The van der Waals surface area contributed by atoms with Crippen molar-refractivity contribution in [3.8, 4) is 0 Å². The lowest BCUT2D eigenvalue weighted by Gasteiger charge is -2.32. The summed E-state index contributed by atoms with van der Waals surface area (Å²) in [5.74, 6) is -0.0540. The Balaban J connectivity index is 1.88. The minimum absolute atomic E-state index is 0.0540. The zero-order valence-corrected chi connectivity index (χ0v) is 10.9. The van der Waals surface area contributed by atoms with E-state index in [0.717, 1.165) is 6.41 Å². The van der Waals surface area contributed by atoms with Crippen LogP contribution in [0.1, 0.15) is 10.4 Å². The Kier molecular flexibility index (Phi) is 3.28. The van der Waals surface area contributed by atoms with Crippen LogP contribution in [0.3, 0.4) is 0 Å². The number of carbonyl (C=O) groups is 2. The summed E-state index contributed by atoms with van der Waals surface area (Å²) in [4.78, 5) is 35.1. The zero-order valence-electron chi connectivity index (χ0n) is 10.9. The molecule has 1 aliphatic heterocycles. The molecule has 0 spiro atoms. The van der Waals surface area contributed by atoms with E-state index in [1.165, 1.54) is 0 Å². The third kappa shape index (κ3) is 2.20. The molecule has 102 valence electrons. The third-order valence-electron chi connectivity index (χ3n) is 3.48. The first-order valence-corrected chi connectivity index (χ1v) is 6.48. The monoisotopic (exact) mass is 270 g/mol. The lowest BCUT2D eigenvalue weighted by atomic mass is 10.1. The van der Waals surface area contributed by atoms with E-state index in [4.69, 9.17) is 0 Å². The van der Waals surface area contributed by atoms with Crippen molar-refractivity contribution in [2.24, 2.45) is 0 Å². The maximum Gasteiger partial charge on any atom is 0.256 e. The molecule has 2 heterocycles. The highest BCUT2D eigenvalue weighted by atomic mass is 16.2. The number of nitrogens with zero attached hydrogens (tertiary/aromatic N) is 4. The fourth-order valence-electron chi connectivity index (χ4n) is 2.37. The van der Waals surface area contributed by atoms with Gasteiger partial charge in [0.05, 0.1) is 11.1 Å². The lowest BCUT2D eigenvalue weighted by Crippen LogP contribution is -2.48. The first-order chi connectivity index (χ1) is 9.79. The summed E-state index contributed by atoms with van der Waals surface area (Å²) in [6, 6.07) is 5.42. The van der Waals surface area contributed by atoms with E-state index in [2.05, 4.69) is 9.97 Å². The molecule has 0 N–H and O–H groups in total. The highest BCUT2D eigenvalue weighted by molar-refractivity contribution is 6.04. The molecule has 0 atom stereocenters. The molecule has 0 radical (unpaired) electrons. The molecule has 1 fully saturated rings. The van der Waals surface area contributed by atoms with Crippen molar-refractivity contribution in [2.75, 3.05) is 26.2 Å². The van der Waals surface area contributed by atoms with Gasteiger partial charge in [0.25, 0.3) is 5.91 Å². The fraction of sp³-hybridized carbons (Fsp3) is 0.286. The van der Waals surface area contributed by atoms with Crippen LogP contribution in [0.5, 0.6) is 0 Å². The molecule has 1 aromatic carbocycles. The first-order valence-electron chi connectivity index (χ1n) is 6.48. The molecule has 0 aliphatic carbocycles. The zero-order chi connectivity index (χ0) is 13.9. The number of benzene rings is 1. The second-order valence-corrected chi connectivity index (χ2v) is 4.66. The molecule has 3 rings (SSSR count). The van der Waals surface area contributed by atoms with Gasteiger partial charge in [-0.25, -0.2) is 0 Å². The Bertz CT molecular complexity index is 645. The number of carbonyl (C=O) groups excluding carboxylic acids is 2. The van der Waals surface area contributed by atoms with Crippen LogP contribution in [-0.2, 0) is 4.79 Å². The Hall–Kier alpha value is -2.50. The van der Waals surface area contributed by atoms with Gasteiger partial charge in [0, 0.05) is 38.6 Å². The van der Waals surface area contributed by atoms with Gasteiger partial charge in [-0.15, -0.1) is 0 Å². The van der Waals surface area contributed by atoms with Gasteiger partial charge >= 0.3 is 0 Å². The van der Waals surface area contributed by atoms with Gasteiger partial charge in [-0.05, 0) is 12.1 Å². The fourth-order valence-corrected chi connectivity index (χ4v) is 2.37. The van der Waals surface area contributed by atoms with E-state index in [9.17, 15) is 9.59 Å². The molecule has 1 aliphatic rings. The van der Waals surface area contributed by atoms with E-state index < -0.39 is 0 Å². The minimum atomic E-state index is -0.0540. The van der Waals surface area contributed by atoms with Crippen molar-refractivity contribution >= 4 is 23.4 Å². The summed E-state index contributed by atoms with van der Waals surface area (Å²) in [6.07, 6.45) is 4.02. The van der Waals surface area contributed by atoms with Crippen LogP contribution < -0.4 is 0 Å². The molecular weight excluding hydrogens is 256 g/mol. The SMILES string of the molecule is O=CN1CCN(C(=O)c2cccc3nccnc23)CC1. The molecule has 20 heavy (non-hydrogen) atoms. The number of amides is 2. The van der Waals surface area contributed by atoms with Crippen LogP contribution in [0, 0.1) is 0 Å². The molecule has 0 unspecified atom stereocenters. The van der Waals surface area contributed by atoms with Crippen LogP contribution in [0.2, 0.25) is 0 Å². The number of hydrogen-bond donors (Lipinski definition) is 0. The molecule has 0 saturated carbocycles. The van der Waals surface area contributed by atoms with Crippen molar-refractivity contribution in [1.82, 2.24) is 19.8 Å². The van der Waals surface area contributed by atoms with Crippen LogP contribution >= 0.6 is 0 Å². The average molecular weight is 270 g/mol. The van der Waals surface area contributed by atoms with Crippen molar-refractivity contribution in [3.05, 3.63) is 36.2 Å². The predicted octanol–water partition coefficient (Wildman–Crippen LogP) is 0.544. The number of aromatic nitrogens is 2. The van der Waals surface area contributed by atoms with Gasteiger partial charge in [0.2, 0.25) is 6.41 Å². The van der Waals surface area contributed by atoms with E-state index in [1.54, 1.807) is 28.3 Å². The molecule has 0 bridgehead atoms. The van der Waals surface area contributed by atoms with Crippen LogP contribution in [0.15, 0.2) is 30.6 Å². The highest BCUT2D eigenvalue weighted by Crippen LogP contribution is 2.16. The van der Waals surface area contributed by atoms with E-state index >= 15 is 0 Å². The normalized spacial score (nSPS) is 15.4. The largest absolute Gasteiger partial charge is 0.342 e. The van der Waals surface area contributed by atoms with Crippen LogP contribution in [-0.4, -0.2) is 58.3 Å². The third-order valence-corrected chi connectivity index (χ3v) is 3.48. The molecule has 2 amide bonds. The standard InChI is InChI=1S/C14H14N4O2/c19-10-17-6-8-18(9-7-17)14(20)11-2-1-3-12-13(11)16-5-4-15-12/h1-5,10H,6-9H2. The summed E-state index contributed by atoms with van der Waals surface area (Å²) in [5, 5.41) is 0. The van der Waals surface area contributed by atoms with Gasteiger partial charge < -0.3 is 9.80 Å². The Morgan fingerprint density at radius 1 is 1.10 bits per heavy atom. The van der Waals surface area contributed by atoms with Crippen molar-refractivity contribution in [2.45, 2.75) is 0 Å². The smallest absolute Gasteiger partial charge is 0.256 e. The number of fused-ring (bicyclic) bond motifs is 1. The molecule has 1 saturated heterocycles. The Labute approximate surface area is 116 Å². The molecule has 1 aromatic heterocycles. The molecule has 2 aromatic rings. The Morgan fingerprint density at radius 2 is 1.85 bits per heavy atom. The molecule has 6 heteroatoms. The van der Waals surface area contributed by atoms with Gasteiger partial charge in [0.1, 0.15) is 5.52 Å². The van der Waals surface area contributed by atoms with Crippen molar-refractivity contribution in [1.29, 1.82) is 0 Å². The van der Waals surface area contributed by atoms with Gasteiger partial charge in [-0.1, -0.05) is 6.07 Å². The van der Waals surface area contributed by atoms with E-state index in [1.807, 2.05) is 12.1 Å².